The molecule has 0 saturated carbocycles. The third-order valence-corrected chi connectivity index (χ3v) is 5.39. The standard InChI is InChI=1S/C24H24N4O/c1-16-9-10-20(13-17(16)2)22-11-12-25-23-21(15-27-28(22)23)24(29)26-14-18(3)19-7-5-4-6-8-19/h4-13,15,18H,14H2,1-3H3,(H,26,29). The van der Waals surface area contributed by atoms with Crippen LogP contribution in [-0.4, -0.2) is 27.0 Å². The van der Waals surface area contributed by atoms with E-state index in [2.05, 4.69) is 66.5 Å². The third kappa shape index (κ3) is 3.76. The first-order valence-electron chi connectivity index (χ1n) is 9.78. The van der Waals surface area contributed by atoms with Gasteiger partial charge in [0.05, 0.1) is 11.9 Å². The average molecular weight is 384 g/mol. The smallest absolute Gasteiger partial charge is 0.256 e. The van der Waals surface area contributed by atoms with Crippen molar-refractivity contribution in [2.75, 3.05) is 6.54 Å². The highest BCUT2D eigenvalue weighted by molar-refractivity contribution is 5.99. The first-order valence-corrected chi connectivity index (χ1v) is 9.78. The molecule has 2 aromatic heterocycles. The van der Waals surface area contributed by atoms with Gasteiger partial charge in [0.15, 0.2) is 5.65 Å². The van der Waals surface area contributed by atoms with Crippen LogP contribution in [0, 0.1) is 13.8 Å². The van der Waals surface area contributed by atoms with Crippen molar-refractivity contribution < 1.29 is 4.79 Å². The molecule has 0 fully saturated rings. The van der Waals surface area contributed by atoms with Crippen LogP contribution in [0.25, 0.3) is 16.9 Å². The van der Waals surface area contributed by atoms with Crippen LogP contribution in [0.15, 0.2) is 67.0 Å². The average Bonchev–Trinajstić information content (AvgIpc) is 3.19. The van der Waals surface area contributed by atoms with Crippen molar-refractivity contribution in [3.05, 3.63) is 89.2 Å². The Hall–Kier alpha value is -3.47. The third-order valence-electron chi connectivity index (χ3n) is 5.39. The molecule has 29 heavy (non-hydrogen) atoms. The van der Waals surface area contributed by atoms with E-state index in [1.165, 1.54) is 16.7 Å². The Morgan fingerprint density at radius 3 is 2.62 bits per heavy atom. The topological polar surface area (TPSA) is 59.3 Å². The van der Waals surface area contributed by atoms with E-state index in [1.807, 2.05) is 24.3 Å². The second kappa shape index (κ2) is 7.87. The maximum atomic E-state index is 12.8. The molecule has 0 bridgehead atoms. The van der Waals surface area contributed by atoms with Crippen LogP contribution in [0.4, 0.5) is 0 Å². The first kappa shape index (κ1) is 18.9. The Morgan fingerprint density at radius 1 is 1.07 bits per heavy atom. The minimum absolute atomic E-state index is 0.160. The highest BCUT2D eigenvalue weighted by Crippen LogP contribution is 2.23. The summed E-state index contributed by atoms with van der Waals surface area (Å²) in [7, 11) is 0. The van der Waals surface area contributed by atoms with Crippen molar-refractivity contribution in [2.24, 2.45) is 0 Å². The number of benzene rings is 2. The van der Waals surface area contributed by atoms with Gasteiger partial charge in [-0.05, 0) is 48.6 Å². The second-order valence-electron chi connectivity index (χ2n) is 7.44. The van der Waals surface area contributed by atoms with Gasteiger partial charge in [-0.1, -0.05) is 49.4 Å². The van der Waals surface area contributed by atoms with Crippen molar-refractivity contribution in [3.8, 4) is 11.3 Å². The number of aryl methyl sites for hydroxylation is 2. The number of hydrogen-bond acceptors (Lipinski definition) is 3. The highest BCUT2D eigenvalue weighted by Gasteiger charge is 2.17. The van der Waals surface area contributed by atoms with Crippen molar-refractivity contribution in [1.82, 2.24) is 19.9 Å². The summed E-state index contributed by atoms with van der Waals surface area (Å²) in [6.07, 6.45) is 3.32. The van der Waals surface area contributed by atoms with Gasteiger partial charge in [-0.3, -0.25) is 4.79 Å². The Kier molecular flexibility index (Phi) is 5.12. The molecule has 5 nitrogen and oxygen atoms in total. The van der Waals surface area contributed by atoms with E-state index in [0.29, 0.717) is 17.8 Å². The monoisotopic (exact) mass is 384 g/mol. The summed E-state index contributed by atoms with van der Waals surface area (Å²) >= 11 is 0. The number of rotatable bonds is 5. The maximum absolute atomic E-state index is 12.8. The lowest BCUT2D eigenvalue weighted by atomic mass is 10.0. The number of nitrogens with one attached hydrogen (secondary N) is 1. The summed E-state index contributed by atoms with van der Waals surface area (Å²) in [6.45, 7) is 6.83. The van der Waals surface area contributed by atoms with Gasteiger partial charge in [0.1, 0.15) is 5.56 Å². The Balaban J connectivity index is 1.59. The van der Waals surface area contributed by atoms with Crippen molar-refractivity contribution >= 4 is 11.6 Å². The van der Waals surface area contributed by atoms with Crippen LogP contribution < -0.4 is 5.32 Å². The van der Waals surface area contributed by atoms with Gasteiger partial charge >= 0.3 is 0 Å². The summed E-state index contributed by atoms with van der Waals surface area (Å²) < 4.78 is 1.74. The lowest BCUT2D eigenvalue weighted by Crippen LogP contribution is -2.27. The second-order valence-corrected chi connectivity index (χ2v) is 7.44. The molecule has 0 aliphatic rings. The van der Waals surface area contributed by atoms with Gasteiger partial charge in [0.25, 0.3) is 5.91 Å². The quantitative estimate of drug-likeness (QED) is 0.549. The molecular weight excluding hydrogens is 360 g/mol. The Morgan fingerprint density at radius 2 is 1.86 bits per heavy atom. The molecule has 2 heterocycles. The van der Waals surface area contributed by atoms with Gasteiger partial charge in [0, 0.05) is 18.3 Å². The summed E-state index contributed by atoms with van der Waals surface area (Å²) in [5, 5.41) is 7.47. The molecule has 1 N–H and O–H groups in total. The number of hydrogen-bond donors (Lipinski definition) is 1. The predicted molar refractivity (Wildman–Crippen MR) is 115 cm³/mol. The summed E-state index contributed by atoms with van der Waals surface area (Å²) in [4.78, 5) is 17.2. The highest BCUT2D eigenvalue weighted by atomic mass is 16.1. The van der Waals surface area contributed by atoms with E-state index >= 15 is 0 Å². The van der Waals surface area contributed by atoms with E-state index in [1.54, 1.807) is 16.9 Å². The number of nitrogens with zero attached hydrogens (tertiary/aromatic N) is 3. The zero-order valence-electron chi connectivity index (χ0n) is 16.9. The SMILES string of the molecule is Cc1ccc(-c2ccnc3c(C(=O)NCC(C)c4ccccc4)cnn23)cc1C. The molecule has 0 spiro atoms. The molecule has 0 aliphatic heterocycles. The first-order chi connectivity index (χ1) is 14.0. The van der Waals surface area contributed by atoms with Crippen LogP contribution in [0.1, 0.15) is 39.9 Å². The fraction of sp³-hybridized carbons (Fsp3) is 0.208. The predicted octanol–water partition coefficient (Wildman–Crippen LogP) is 4.55. The van der Waals surface area contributed by atoms with Gasteiger partial charge in [-0.15, -0.1) is 0 Å². The summed E-state index contributed by atoms with van der Waals surface area (Å²) in [5.74, 6) is 0.0635. The number of carbonyl (C=O) groups is 1. The van der Waals surface area contributed by atoms with E-state index in [-0.39, 0.29) is 11.8 Å². The molecule has 4 rings (SSSR count). The minimum atomic E-state index is -0.160. The Bertz CT molecular complexity index is 1160. The molecule has 4 aromatic rings. The number of aromatic nitrogens is 3. The van der Waals surface area contributed by atoms with Crippen LogP contribution in [0.2, 0.25) is 0 Å². The molecule has 5 heteroatoms. The lowest BCUT2D eigenvalue weighted by Gasteiger charge is -2.12. The molecule has 0 aliphatic carbocycles. The van der Waals surface area contributed by atoms with Crippen LogP contribution in [0.5, 0.6) is 0 Å². The molecule has 0 radical (unpaired) electrons. The van der Waals surface area contributed by atoms with Gasteiger partial charge in [-0.25, -0.2) is 9.50 Å². The fourth-order valence-corrected chi connectivity index (χ4v) is 3.41. The van der Waals surface area contributed by atoms with Crippen molar-refractivity contribution in [3.63, 3.8) is 0 Å². The van der Waals surface area contributed by atoms with Gasteiger partial charge < -0.3 is 5.32 Å². The van der Waals surface area contributed by atoms with Crippen LogP contribution >= 0.6 is 0 Å². The zero-order valence-corrected chi connectivity index (χ0v) is 16.9. The van der Waals surface area contributed by atoms with E-state index in [4.69, 9.17) is 0 Å². The number of carbonyl (C=O) groups excluding carboxylic acids is 1. The lowest BCUT2D eigenvalue weighted by molar-refractivity contribution is 0.0953. The van der Waals surface area contributed by atoms with E-state index in [9.17, 15) is 4.79 Å². The van der Waals surface area contributed by atoms with Crippen LogP contribution in [0.3, 0.4) is 0 Å². The molecule has 146 valence electrons. The minimum Gasteiger partial charge on any atom is -0.351 e. The largest absolute Gasteiger partial charge is 0.351 e. The summed E-state index contributed by atoms with van der Waals surface area (Å²) in [6, 6.07) is 18.4. The Labute approximate surface area is 170 Å². The van der Waals surface area contributed by atoms with E-state index < -0.39 is 0 Å². The number of fused-ring (bicyclic) bond motifs is 1. The molecule has 1 unspecified atom stereocenters. The van der Waals surface area contributed by atoms with Gasteiger partial charge in [0.2, 0.25) is 0 Å². The summed E-state index contributed by atoms with van der Waals surface area (Å²) in [5.41, 5.74) is 6.66. The molecular formula is C24H24N4O. The molecule has 0 saturated heterocycles. The molecule has 1 amide bonds. The van der Waals surface area contributed by atoms with Crippen LogP contribution in [-0.2, 0) is 0 Å². The van der Waals surface area contributed by atoms with Crippen molar-refractivity contribution in [1.29, 1.82) is 0 Å². The van der Waals surface area contributed by atoms with Gasteiger partial charge in [-0.2, -0.15) is 5.10 Å². The molecule has 1 atom stereocenters. The van der Waals surface area contributed by atoms with E-state index in [0.717, 1.165) is 11.3 Å². The normalized spacial score (nSPS) is 12.1. The maximum Gasteiger partial charge on any atom is 0.256 e. The fourth-order valence-electron chi connectivity index (χ4n) is 3.41. The van der Waals surface area contributed by atoms with Crippen molar-refractivity contribution in [2.45, 2.75) is 26.7 Å². The molecule has 2 aromatic carbocycles. The zero-order chi connectivity index (χ0) is 20.4. The number of amides is 1.